The Morgan fingerprint density at radius 1 is 0.700 bits per heavy atom. The van der Waals surface area contributed by atoms with Gasteiger partial charge in [-0.2, -0.15) is 0 Å². The second-order valence-electron chi connectivity index (χ2n) is 8.87. The molecule has 4 heteroatoms. The highest BCUT2D eigenvalue weighted by molar-refractivity contribution is 5.94. The number of carbonyl (C=O) groups excluding carboxylic acids is 1. The van der Waals surface area contributed by atoms with Gasteiger partial charge in [0.1, 0.15) is 0 Å². The Morgan fingerprint density at radius 3 is 1.93 bits per heavy atom. The Labute approximate surface area is 181 Å². The van der Waals surface area contributed by atoms with Crippen molar-refractivity contribution in [2.45, 2.75) is 58.2 Å². The third-order valence-corrected chi connectivity index (χ3v) is 6.37. The summed E-state index contributed by atoms with van der Waals surface area (Å²) in [6.45, 7) is 7.37. The number of nitrogens with one attached hydrogen (secondary N) is 1. The number of benzene rings is 2. The number of rotatable bonds is 7. The van der Waals surface area contributed by atoms with Crippen LogP contribution in [0, 0.1) is 0 Å². The minimum absolute atomic E-state index is 0.000596. The van der Waals surface area contributed by atoms with E-state index in [1.807, 2.05) is 12.1 Å². The summed E-state index contributed by atoms with van der Waals surface area (Å²) in [6, 6.07) is 16.8. The third kappa shape index (κ3) is 6.16. The Hall–Kier alpha value is -2.17. The zero-order valence-electron chi connectivity index (χ0n) is 18.1. The molecule has 0 atom stereocenters. The molecule has 4 nitrogen and oxygen atoms in total. The van der Waals surface area contributed by atoms with Crippen molar-refractivity contribution < 1.29 is 4.79 Å². The van der Waals surface area contributed by atoms with Crippen molar-refractivity contribution in [3.63, 3.8) is 0 Å². The van der Waals surface area contributed by atoms with Gasteiger partial charge in [0.05, 0.1) is 0 Å². The van der Waals surface area contributed by atoms with Gasteiger partial charge in [-0.3, -0.25) is 14.6 Å². The van der Waals surface area contributed by atoms with Gasteiger partial charge in [-0.25, -0.2) is 0 Å². The number of nitrogens with zero attached hydrogens (tertiary/aromatic N) is 2. The molecule has 30 heavy (non-hydrogen) atoms. The minimum Gasteiger partial charge on any atom is -0.348 e. The van der Waals surface area contributed by atoms with Crippen LogP contribution in [-0.4, -0.2) is 41.9 Å². The molecule has 2 aromatic carbocycles. The molecule has 2 aromatic rings. The molecule has 0 bridgehead atoms. The van der Waals surface area contributed by atoms with Crippen LogP contribution in [0.3, 0.4) is 0 Å². The fraction of sp³-hybridized carbons (Fsp3) is 0.500. The second-order valence-corrected chi connectivity index (χ2v) is 8.87. The van der Waals surface area contributed by atoms with Crippen molar-refractivity contribution in [1.82, 2.24) is 15.1 Å². The molecule has 0 spiro atoms. The molecule has 2 aliphatic rings. The van der Waals surface area contributed by atoms with Crippen molar-refractivity contribution in [1.29, 1.82) is 0 Å². The first-order chi connectivity index (χ1) is 14.8. The van der Waals surface area contributed by atoms with E-state index in [0.717, 1.165) is 18.7 Å². The molecule has 0 aliphatic carbocycles. The Kier molecular flexibility index (Phi) is 7.54. The lowest BCUT2D eigenvalue weighted by Gasteiger charge is -2.20. The average Bonchev–Trinajstić information content (AvgIpc) is 3.15. The monoisotopic (exact) mass is 405 g/mol. The van der Waals surface area contributed by atoms with Gasteiger partial charge in [0.2, 0.25) is 0 Å². The van der Waals surface area contributed by atoms with E-state index >= 15 is 0 Å². The standard InChI is InChI=1S/C26H35N3O/c30-26(25-12-10-22(11-13-25)20-28-16-5-6-17-28)27-19-23-8-7-9-24(18-23)21-29-14-3-1-2-4-15-29/h7-13,18H,1-6,14-17,19-21H2,(H,27,30). The van der Waals surface area contributed by atoms with Crippen molar-refractivity contribution in [3.05, 3.63) is 70.8 Å². The van der Waals surface area contributed by atoms with E-state index in [4.69, 9.17) is 0 Å². The molecule has 2 heterocycles. The van der Waals surface area contributed by atoms with E-state index in [-0.39, 0.29) is 5.91 Å². The lowest BCUT2D eigenvalue weighted by atomic mass is 10.1. The van der Waals surface area contributed by atoms with Crippen molar-refractivity contribution in [2.24, 2.45) is 0 Å². The molecule has 0 unspecified atom stereocenters. The molecule has 0 aromatic heterocycles. The first kappa shape index (κ1) is 21.1. The Bertz CT molecular complexity index is 803. The predicted molar refractivity (Wildman–Crippen MR) is 122 cm³/mol. The molecular formula is C26H35N3O. The maximum absolute atomic E-state index is 12.6. The maximum atomic E-state index is 12.6. The smallest absolute Gasteiger partial charge is 0.251 e. The first-order valence-corrected chi connectivity index (χ1v) is 11.7. The fourth-order valence-electron chi connectivity index (χ4n) is 4.64. The summed E-state index contributed by atoms with van der Waals surface area (Å²) in [5.41, 5.74) is 4.53. The van der Waals surface area contributed by atoms with Gasteiger partial charge in [0.25, 0.3) is 5.91 Å². The lowest BCUT2D eigenvalue weighted by molar-refractivity contribution is 0.0951. The highest BCUT2D eigenvalue weighted by Crippen LogP contribution is 2.15. The zero-order valence-corrected chi connectivity index (χ0v) is 18.1. The van der Waals surface area contributed by atoms with E-state index < -0.39 is 0 Å². The fourth-order valence-corrected chi connectivity index (χ4v) is 4.64. The van der Waals surface area contributed by atoms with E-state index in [0.29, 0.717) is 6.54 Å². The lowest BCUT2D eigenvalue weighted by Crippen LogP contribution is -2.24. The van der Waals surface area contributed by atoms with Crippen LogP contribution in [0.15, 0.2) is 48.5 Å². The van der Waals surface area contributed by atoms with E-state index in [1.165, 1.54) is 81.4 Å². The largest absolute Gasteiger partial charge is 0.348 e. The molecule has 1 amide bonds. The number of likely N-dealkylation sites (tertiary alicyclic amines) is 2. The topological polar surface area (TPSA) is 35.6 Å². The molecule has 4 rings (SSSR count). The number of hydrogen-bond acceptors (Lipinski definition) is 3. The zero-order chi connectivity index (χ0) is 20.6. The summed E-state index contributed by atoms with van der Waals surface area (Å²) in [7, 11) is 0. The van der Waals surface area contributed by atoms with Gasteiger partial charge < -0.3 is 5.32 Å². The number of carbonyl (C=O) groups is 1. The summed E-state index contributed by atoms with van der Waals surface area (Å²) in [5.74, 6) is 0.000596. The van der Waals surface area contributed by atoms with Gasteiger partial charge >= 0.3 is 0 Å². The van der Waals surface area contributed by atoms with Gasteiger partial charge in [-0.05, 0) is 80.7 Å². The second kappa shape index (κ2) is 10.7. The normalized spacial score (nSPS) is 18.3. The van der Waals surface area contributed by atoms with Crippen LogP contribution < -0.4 is 5.32 Å². The molecule has 2 aliphatic heterocycles. The highest BCUT2D eigenvalue weighted by atomic mass is 16.1. The van der Waals surface area contributed by atoms with Gasteiger partial charge in [0, 0.05) is 25.2 Å². The molecule has 2 saturated heterocycles. The van der Waals surface area contributed by atoms with E-state index in [2.05, 4.69) is 51.5 Å². The van der Waals surface area contributed by atoms with Crippen LogP contribution in [-0.2, 0) is 19.6 Å². The van der Waals surface area contributed by atoms with Crippen LogP contribution in [0.1, 0.15) is 65.6 Å². The molecule has 1 N–H and O–H groups in total. The minimum atomic E-state index is 0.000596. The highest BCUT2D eigenvalue weighted by Gasteiger charge is 2.13. The van der Waals surface area contributed by atoms with Crippen LogP contribution in [0.25, 0.3) is 0 Å². The molecule has 2 fully saturated rings. The summed E-state index contributed by atoms with van der Waals surface area (Å²) >= 11 is 0. The molecular weight excluding hydrogens is 370 g/mol. The third-order valence-electron chi connectivity index (χ3n) is 6.37. The molecule has 0 radical (unpaired) electrons. The summed E-state index contributed by atoms with van der Waals surface area (Å²) < 4.78 is 0. The van der Waals surface area contributed by atoms with Gasteiger partial charge in [-0.15, -0.1) is 0 Å². The van der Waals surface area contributed by atoms with Crippen LogP contribution in [0.4, 0.5) is 0 Å². The Balaban J connectivity index is 1.28. The first-order valence-electron chi connectivity index (χ1n) is 11.7. The quantitative estimate of drug-likeness (QED) is 0.732. The van der Waals surface area contributed by atoms with Gasteiger partial charge in [-0.1, -0.05) is 49.2 Å². The van der Waals surface area contributed by atoms with Crippen LogP contribution >= 0.6 is 0 Å². The van der Waals surface area contributed by atoms with E-state index in [9.17, 15) is 4.79 Å². The number of hydrogen-bond donors (Lipinski definition) is 1. The van der Waals surface area contributed by atoms with Crippen molar-refractivity contribution in [2.75, 3.05) is 26.2 Å². The molecule has 160 valence electrons. The maximum Gasteiger partial charge on any atom is 0.251 e. The van der Waals surface area contributed by atoms with Crippen LogP contribution in [0.2, 0.25) is 0 Å². The van der Waals surface area contributed by atoms with Gasteiger partial charge in [0.15, 0.2) is 0 Å². The Morgan fingerprint density at radius 2 is 1.27 bits per heavy atom. The summed E-state index contributed by atoms with van der Waals surface area (Å²) in [6.07, 6.45) is 7.96. The van der Waals surface area contributed by atoms with Crippen LogP contribution in [0.5, 0.6) is 0 Å². The summed E-state index contributed by atoms with van der Waals surface area (Å²) in [5, 5.41) is 3.09. The predicted octanol–water partition coefficient (Wildman–Crippen LogP) is 4.59. The van der Waals surface area contributed by atoms with Crippen molar-refractivity contribution >= 4 is 5.91 Å². The number of amides is 1. The average molecular weight is 406 g/mol. The molecule has 0 saturated carbocycles. The SMILES string of the molecule is O=C(NCc1cccc(CN2CCCCCC2)c1)c1ccc(CN2CCCC2)cc1. The van der Waals surface area contributed by atoms with E-state index in [1.54, 1.807) is 0 Å². The summed E-state index contributed by atoms with van der Waals surface area (Å²) in [4.78, 5) is 17.6. The van der Waals surface area contributed by atoms with Crippen molar-refractivity contribution in [3.8, 4) is 0 Å².